The Hall–Kier alpha value is -0.530. The van der Waals surface area contributed by atoms with E-state index in [4.69, 9.17) is 0 Å². The van der Waals surface area contributed by atoms with Gasteiger partial charge in [0.05, 0.1) is 0 Å². The van der Waals surface area contributed by atoms with Gasteiger partial charge in [0.15, 0.2) is 0 Å². The molecule has 1 saturated heterocycles. The second-order valence-electron chi connectivity index (χ2n) is 4.36. The highest BCUT2D eigenvalue weighted by atomic mass is 16.2. The standard InChI is InChI=1S/C9H13NO/c1-10-8-4-5-2-6(8)7(3-5)9(10)11/h5-8H,2-4H2,1H3. The van der Waals surface area contributed by atoms with Crippen LogP contribution >= 0.6 is 0 Å². The molecule has 4 atom stereocenters. The second-order valence-corrected chi connectivity index (χ2v) is 4.36. The number of hydrogen-bond donors (Lipinski definition) is 0. The Morgan fingerprint density at radius 2 is 2.18 bits per heavy atom. The molecule has 3 fully saturated rings. The minimum Gasteiger partial charge on any atom is -0.342 e. The number of amides is 1. The molecule has 0 N–H and O–H groups in total. The van der Waals surface area contributed by atoms with Crippen LogP contribution < -0.4 is 0 Å². The number of nitrogens with zero attached hydrogens (tertiary/aromatic N) is 1. The van der Waals surface area contributed by atoms with Gasteiger partial charge in [0.1, 0.15) is 0 Å². The number of hydrogen-bond acceptors (Lipinski definition) is 1. The minimum absolute atomic E-state index is 0.431. The summed E-state index contributed by atoms with van der Waals surface area (Å²) in [7, 11) is 1.98. The van der Waals surface area contributed by atoms with Crippen molar-refractivity contribution in [1.29, 1.82) is 0 Å². The average molecular weight is 151 g/mol. The molecule has 0 aromatic carbocycles. The van der Waals surface area contributed by atoms with Crippen LogP contribution in [0.1, 0.15) is 19.3 Å². The molecule has 0 aromatic heterocycles. The lowest BCUT2D eigenvalue weighted by Crippen LogP contribution is -2.28. The summed E-state index contributed by atoms with van der Waals surface area (Å²) >= 11 is 0. The van der Waals surface area contributed by atoms with Gasteiger partial charge in [0.2, 0.25) is 5.91 Å². The van der Waals surface area contributed by atoms with Gasteiger partial charge >= 0.3 is 0 Å². The fourth-order valence-electron chi connectivity index (χ4n) is 3.47. The summed E-state index contributed by atoms with van der Waals surface area (Å²) in [5, 5.41) is 0. The number of likely N-dealkylation sites (tertiary alicyclic amines) is 1. The van der Waals surface area contributed by atoms with Gasteiger partial charge in [-0.05, 0) is 31.1 Å². The Morgan fingerprint density at radius 3 is 2.73 bits per heavy atom. The molecular formula is C9H13NO. The third-order valence-corrected chi connectivity index (χ3v) is 3.94. The van der Waals surface area contributed by atoms with Crippen molar-refractivity contribution < 1.29 is 4.79 Å². The van der Waals surface area contributed by atoms with E-state index in [0.29, 0.717) is 17.9 Å². The fraction of sp³-hybridized carbons (Fsp3) is 0.889. The van der Waals surface area contributed by atoms with Crippen LogP contribution in [0.25, 0.3) is 0 Å². The smallest absolute Gasteiger partial charge is 0.226 e. The van der Waals surface area contributed by atoms with Crippen molar-refractivity contribution in [2.45, 2.75) is 25.3 Å². The Bertz CT molecular complexity index is 226. The van der Waals surface area contributed by atoms with Crippen LogP contribution in [-0.2, 0) is 4.79 Å². The molecule has 4 unspecified atom stereocenters. The largest absolute Gasteiger partial charge is 0.342 e. The Kier molecular flexibility index (Phi) is 0.890. The predicted molar refractivity (Wildman–Crippen MR) is 40.9 cm³/mol. The maximum absolute atomic E-state index is 11.5. The lowest BCUT2D eigenvalue weighted by atomic mass is 9.90. The van der Waals surface area contributed by atoms with Crippen LogP contribution in [0, 0.1) is 17.8 Å². The first-order valence-corrected chi connectivity index (χ1v) is 4.54. The lowest BCUT2D eigenvalue weighted by Gasteiger charge is -2.19. The molecule has 3 aliphatic rings. The summed E-state index contributed by atoms with van der Waals surface area (Å²) in [5.41, 5.74) is 0. The molecule has 2 bridgehead atoms. The second kappa shape index (κ2) is 1.62. The van der Waals surface area contributed by atoms with Crippen LogP contribution in [0.4, 0.5) is 0 Å². The van der Waals surface area contributed by atoms with Crippen molar-refractivity contribution in [1.82, 2.24) is 4.90 Å². The van der Waals surface area contributed by atoms with E-state index < -0.39 is 0 Å². The average Bonchev–Trinajstić information content (AvgIpc) is 2.60. The number of carbonyl (C=O) groups is 1. The lowest BCUT2D eigenvalue weighted by molar-refractivity contribution is -0.130. The van der Waals surface area contributed by atoms with E-state index in [0.717, 1.165) is 11.8 Å². The molecule has 2 aliphatic carbocycles. The van der Waals surface area contributed by atoms with E-state index in [-0.39, 0.29) is 0 Å². The topological polar surface area (TPSA) is 20.3 Å². The highest BCUT2D eigenvalue weighted by Gasteiger charge is 2.56. The van der Waals surface area contributed by atoms with Crippen molar-refractivity contribution in [2.24, 2.45) is 17.8 Å². The quantitative estimate of drug-likeness (QED) is 0.503. The zero-order chi connectivity index (χ0) is 7.59. The first kappa shape index (κ1) is 6.04. The molecule has 2 heteroatoms. The molecule has 60 valence electrons. The maximum Gasteiger partial charge on any atom is 0.226 e. The minimum atomic E-state index is 0.431. The van der Waals surface area contributed by atoms with Gasteiger partial charge in [-0.25, -0.2) is 0 Å². The monoisotopic (exact) mass is 151 g/mol. The van der Waals surface area contributed by atoms with E-state index in [1.807, 2.05) is 11.9 Å². The zero-order valence-corrected chi connectivity index (χ0v) is 6.79. The fourth-order valence-corrected chi connectivity index (χ4v) is 3.47. The van der Waals surface area contributed by atoms with Crippen molar-refractivity contribution in [3.63, 3.8) is 0 Å². The molecule has 1 amide bonds. The molecule has 2 nitrogen and oxygen atoms in total. The zero-order valence-electron chi connectivity index (χ0n) is 6.79. The number of fused-ring (bicyclic) bond motifs is 1. The van der Waals surface area contributed by atoms with Gasteiger partial charge in [-0.2, -0.15) is 0 Å². The summed E-state index contributed by atoms with van der Waals surface area (Å²) < 4.78 is 0. The normalized spacial score (nSPS) is 52.8. The van der Waals surface area contributed by atoms with Gasteiger partial charge in [-0.3, -0.25) is 4.79 Å². The predicted octanol–water partition coefficient (Wildman–Crippen LogP) is 0.873. The summed E-state index contributed by atoms with van der Waals surface area (Å²) in [6, 6.07) is 0.631. The molecule has 0 spiro atoms. The van der Waals surface area contributed by atoms with Gasteiger partial charge in [-0.1, -0.05) is 0 Å². The molecule has 0 radical (unpaired) electrons. The maximum atomic E-state index is 11.5. The molecule has 1 aliphatic heterocycles. The van der Waals surface area contributed by atoms with E-state index >= 15 is 0 Å². The molecule has 1 heterocycles. The summed E-state index contributed by atoms with van der Waals surface area (Å²) in [6.07, 6.45) is 3.83. The van der Waals surface area contributed by atoms with Crippen molar-refractivity contribution >= 4 is 5.91 Å². The van der Waals surface area contributed by atoms with Gasteiger partial charge in [-0.15, -0.1) is 0 Å². The van der Waals surface area contributed by atoms with E-state index in [1.54, 1.807) is 0 Å². The number of rotatable bonds is 0. The SMILES string of the molecule is CN1C(=O)C2CC3CC2C1C3. The van der Waals surface area contributed by atoms with Crippen LogP contribution in [0.3, 0.4) is 0 Å². The highest BCUT2D eigenvalue weighted by Crippen LogP contribution is 2.54. The molecule has 3 rings (SSSR count). The van der Waals surface area contributed by atoms with Gasteiger partial charge < -0.3 is 4.90 Å². The van der Waals surface area contributed by atoms with Crippen LogP contribution in [0.2, 0.25) is 0 Å². The van der Waals surface area contributed by atoms with Gasteiger partial charge in [0.25, 0.3) is 0 Å². The molecule has 11 heavy (non-hydrogen) atoms. The third kappa shape index (κ3) is 0.534. The Balaban J connectivity index is 2.05. The van der Waals surface area contributed by atoms with Crippen molar-refractivity contribution in [3.05, 3.63) is 0 Å². The Labute approximate surface area is 66.6 Å². The van der Waals surface area contributed by atoms with Crippen LogP contribution in [0.5, 0.6) is 0 Å². The summed E-state index contributed by atoms with van der Waals surface area (Å²) in [6.45, 7) is 0. The molecule has 2 saturated carbocycles. The van der Waals surface area contributed by atoms with Gasteiger partial charge in [0, 0.05) is 19.0 Å². The van der Waals surface area contributed by atoms with Crippen LogP contribution in [-0.4, -0.2) is 23.9 Å². The van der Waals surface area contributed by atoms with Crippen molar-refractivity contribution in [2.75, 3.05) is 7.05 Å². The summed E-state index contributed by atoms with van der Waals surface area (Å²) in [5.74, 6) is 2.50. The van der Waals surface area contributed by atoms with E-state index in [1.165, 1.54) is 19.3 Å². The number of carbonyl (C=O) groups excluding carboxylic acids is 1. The third-order valence-electron chi connectivity index (χ3n) is 3.94. The van der Waals surface area contributed by atoms with Crippen molar-refractivity contribution in [3.8, 4) is 0 Å². The first-order chi connectivity index (χ1) is 5.27. The summed E-state index contributed by atoms with van der Waals surface area (Å²) in [4.78, 5) is 13.6. The van der Waals surface area contributed by atoms with E-state index in [2.05, 4.69) is 0 Å². The molecular weight excluding hydrogens is 138 g/mol. The van der Waals surface area contributed by atoms with Crippen LogP contribution in [0.15, 0.2) is 0 Å². The van der Waals surface area contributed by atoms with E-state index in [9.17, 15) is 4.79 Å². The molecule has 0 aromatic rings. The highest BCUT2D eigenvalue weighted by molar-refractivity contribution is 5.82. The Morgan fingerprint density at radius 1 is 1.36 bits per heavy atom. The first-order valence-electron chi connectivity index (χ1n) is 4.54.